The summed E-state index contributed by atoms with van der Waals surface area (Å²) in [6, 6.07) is 10.3. The number of halogens is 2. The Morgan fingerprint density at radius 1 is 1.16 bits per heavy atom. The second-order valence-electron chi connectivity index (χ2n) is 3.92. The van der Waals surface area contributed by atoms with E-state index in [0.717, 1.165) is 5.56 Å². The summed E-state index contributed by atoms with van der Waals surface area (Å²) in [6.45, 7) is 0. The number of hydrogen-bond donors (Lipinski definition) is 1. The van der Waals surface area contributed by atoms with Gasteiger partial charge in [-0.05, 0) is 29.8 Å². The molecular weight excluding hydrogens is 285 g/mol. The van der Waals surface area contributed by atoms with Crippen LogP contribution in [0.3, 0.4) is 0 Å². The van der Waals surface area contributed by atoms with Crippen LogP contribution in [-0.4, -0.2) is 13.1 Å². The number of ether oxygens (including phenoxy) is 1. The molecule has 19 heavy (non-hydrogen) atoms. The molecule has 0 aliphatic heterocycles. The molecule has 2 rings (SSSR count). The number of nitrogens with two attached hydrogens (primary N) is 1. The standard InChI is InChI=1S/C14H11Cl2NO2/c1-19-14(18)12-7-10(16)6-11(13(12)17)8-3-2-4-9(15)5-8/h2-7H,17H2,1H3. The highest BCUT2D eigenvalue weighted by molar-refractivity contribution is 6.32. The van der Waals surface area contributed by atoms with Crippen molar-refractivity contribution < 1.29 is 9.53 Å². The molecule has 0 atom stereocenters. The van der Waals surface area contributed by atoms with Crippen LogP contribution in [0.25, 0.3) is 11.1 Å². The molecule has 0 amide bonds. The highest BCUT2D eigenvalue weighted by atomic mass is 35.5. The molecule has 3 nitrogen and oxygen atoms in total. The van der Waals surface area contributed by atoms with E-state index in [-0.39, 0.29) is 5.56 Å². The van der Waals surface area contributed by atoms with Crippen molar-refractivity contribution in [2.45, 2.75) is 0 Å². The van der Waals surface area contributed by atoms with E-state index in [0.29, 0.717) is 21.3 Å². The van der Waals surface area contributed by atoms with E-state index in [4.69, 9.17) is 28.9 Å². The van der Waals surface area contributed by atoms with E-state index in [9.17, 15) is 4.79 Å². The lowest BCUT2D eigenvalue weighted by Gasteiger charge is -2.11. The zero-order valence-corrected chi connectivity index (χ0v) is 11.6. The Bertz CT molecular complexity index is 641. The number of rotatable bonds is 2. The zero-order chi connectivity index (χ0) is 14.0. The van der Waals surface area contributed by atoms with E-state index in [1.807, 2.05) is 6.07 Å². The lowest BCUT2D eigenvalue weighted by molar-refractivity contribution is 0.0602. The first-order valence-electron chi connectivity index (χ1n) is 5.46. The van der Waals surface area contributed by atoms with Crippen molar-refractivity contribution in [3.8, 4) is 11.1 Å². The van der Waals surface area contributed by atoms with Crippen LogP contribution in [0, 0.1) is 0 Å². The molecule has 0 heterocycles. The zero-order valence-electron chi connectivity index (χ0n) is 10.1. The molecule has 0 saturated heterocycles. The number of nitrogen functional groups attached to an aromatic ring is 1. The molecule has 98 valence electrons. The lowest BCUT2D eigenvalue weighted by Crippen LogP contribution is -2.06. The van der Waals surface area contributed by atoms with Crippen molar-refractivity contribution in [2.75, 3.05) is 12.8 Å². The average Bonchev–Trinajstić information content (AvgIpc) is 2.40. The van der Waals surface area contributed by atoms with Crippen molar-refractivity contribution in [3.63, 3.8) is 0 Å². The molecule has 2 aromatic rings. The monoisotopic (exact) mass is 295 g/mol. The van der Waals surface area contributed by atoms with Gasteiger partial charge < -0.3 is 10.5 Å². The molecule has 0 spiro atoms. The van der Waals surface area contributed by atoms with Crippen LogP contribution in [0.5, 0.6) is 0 Å². The third-order valence-corrected chi connectivity index (χ3v) is 3.14. The Morgan fingerprint density at radius 3 is 2.53 bits per heavy atom. The maximum absolute atomic E-state index is 11.7. The second-order valence-corrected chi connectivity index (χ2v) is 4.79. The van der Waals surface area contributed by atoms with E-state index in [2.05, 4.69) is 4.74 Å². The lowest BCUT2D eigenvalue weighted by atomic mass is 10.0. The number of benzene rings is 2. The molecule has 0 unspecified atom stereocenters. The van der Waals surface area contributed by atoms with Gasteiger partial charge in [0.1, 0.15) is 0 Å². The van der Waals surface area contributed by atoms with Gasteiger partial charge in [-0.2, -0.15) is 0 Å². The summed E-state index contributed by atoms with van der Waals surface area (Å²) in [7, 11) is 1.29. The molecule has 0 aliphatic rings. The van der Waals surface area contributed by atoms with Crippen LogP contribution in [0.4, 0.5) is 5.69 Å². The van der Waals surface area contributed by atoms with Crippen molar-refractivity contribution in [1.82, 2.24) is 0 Å². The van der Waals surface area contributed by atoms with Gasteiger partial charge in [0, 0.05) is 15.6 Å². The molecule has 0 fully saturated rings. The molecule has 0 aromatic heterocycles. The van der Waals surface area contributed by atoms with Crippen LogP contribution in [0.15, 0.2) is 36.4 Å². The molecule has 0 saturated carbocycles. The van der Waals surface area contributed by atoms with E-state index in [1.165, 1.54) is 13.2 Å². The first-order chi connectivity index (χ1) is 9.02. The summed E-state index contributed by atoms with van der Waals surface area (Å²) in [5.41, 5.74) is 8.01. The number of anilines is 1. The Labute approximate surface area is 120 Å². The maximum atomic E-state index is 11.7. The van der Waals surface area contributed by atoms with Gasteiger partial charge in [0.2, 0.25) is 0 Å². The quantitative estimate of drug-likeness (QED) is 0.672. The van der Waals surface area contributed by atoms with Crippen molar-refractivity contribution in [2.24, 2.45) is 0 Å². The number of carbonyl (C=O) groups is 1. The SMILES string of the molecule is COC(=O)c1cc(Cl)cc(-c2cccc(Cl)c2)c1N. The molecule has 0 aliphatic carbocycles. The van der Waals surface area contributed by atoms with Gasteiger partial charge in [0.25, 0.3) is 0 Å². The van der Waals surface area contributed by atoms with Crippen molar-refractivity contribution in [1.29, 1.82) is 0 Å². The Morgan fingerprint density at radius 2 is 1.89 bits per heavy atom. The Hall–Kier alpha value is -1.71. The fourth-order valence-corrected chi connectivity index (χ4v) is 2.20. The Kier molecular flexibility index (Phi) is 3.98. The molecule has 2 aromatic carbocycles. The van der Waals surface area contributed by atoms with Gasteiger partial charge in [0.05, 0.1) is 18.4 Å². The van der Waals surface area contributed by atoms with Crippen LogP contribution in [0.1, 0.15) is 10.4 Å². The van der Waals surface area contributed by atoms with Gasteiger partial charge >= 0.3 is 5.97 Å². The third-order valence-electron chi connectivity index (χ3n) is 2.69. The second kappa shape index (κ2) is 5.51. The number of methoxy groups -OCH3 is 1. The summed E-state index contributed by atoms with van der Waals surface area (Å²) in [4.78, 5) is 11.7. The van der Waals surface area contributed by atoms with Crippen LogP contribution in [0.2, 0.25) is 10.0 Å². The van der Waals surface area contributed by atoms with Gasteiger partial charge in [-0.25, -0.2) is 4.79 Å². The van der Waals surface area contributed by atoms with Gasteiger partial charge in [-0.1, -0.05) is 35.3 Å². The first-order valence-corrected chi connectivity index (χ1v) is 6.22. The number of hydrogen-bond acceptors (Lipinski definition) is 3. The molecule has 5 heteroatoms. The number of carbonyl (C=O) groups excluding carboxylic acids is 1. The molecular formula is C14H11Cl2NO2. The highest BCUT2D eigenvalue weighted by Crippen LogP contribution is 2.33. The van der Waals surface area contributed by atoms with Crippen molar-refractivity contribution >= 4 is 34.9 Å². The van der Waals surface area contributed by atoms with E-state index >= 15 is 0 Å². The van der Waals surface area contributed by atoms with E-state index in [1.54, 1.807) is 24.3 Å². The fraction of sp³-hybridized carbons (Fsp3) is 0.0714. The first kappa shape index (κ1) is 13.7. The number of esters is 1. The van der Waals surface area contributed by atoms with Gasteiger partial charge in [-0.15, -0.1) is 0 Å². The van der Waals surface area contributed by atoms with Crippen LogP contribution in [-0.2, 0) is 4.74 Å². The predicted molar refractivity (Wildman–Crippen MR) is 77.6 cm³/mol. The third kappa shape index (κ3) is 2.83. The predicted octanol–water partition coefficient (Wildman–Crippen LogP) is 4.03. The summed E-state index contributed by atoms with van der Waals surface area (Å²) < 4.78 is 4.68. The Balaban J connectivity index is 2.64. The smallest absolute Gasteiger partial charge is 0.340 e. The maximum Gasteiger partial charge on any atom is 0.340 e. The minimum Gasteiger partial charge on any atom is -0.465 e. The fourth-order valence-electron chi connectivity index (χ4n) is 1.79. The topological polar surface area (TPSA) is 52.3 Å². The van der Waals surface area contributed by atoms with Crippen LogP contribution < -0.4 is 5.73 Å². The summed E-state index contributed by atoms with van der Waals surface area (Å²) in [5, 5.41) is 0.987. The van der Waals surface area contributed by atoms with E-state index < -0.39 is 5.97 Å². The molecule has 0 bridgehead atoms. The van der Waals surface area contributed by atoms with Gasteiger partial charge in [-0.3, -0.25) is 0 Å². The van der Waals surface area contributed by atoms with Gasteiger partial charge in [0.15, 0.2) is 0 Å². The normalized spacial score (nSPS) is 10.3. The van der Waals surface area contributed by atoms with Crippen molar-refractivity contribution in [3.05, 3.63) is 52.0 Å². The molecule has 0 radical (unpaired) electrons. The average molecular weight is 296 g/mol. The minimum atomic E-state index is -0.525. The summed E-state index contributed by atoms with van der Waals surface area (Å²) in [5.74, 6) is -0.525. The van der Waals surface area contributed by atoms with Crippen LogP contribution >= 0.6 is 23.2 Å². The summed E-state index contributed by atoms with van der Waals surface area (Å²) >= 11 is 12.0. The minimum absolute atomic E-state index is 0.241. The summed E-state index contributed by atoms with van der Waals surface area (Å²) in [6.07, 6.45) is 0. The molecule has 2 N–H and O–H groups in total. The highest BCUT2D eigenvalue weighted by Gasteiger charge is 2.16. The largest absolute Gasteiger partial charge is 0.465 e.